The maximum Gasteiger partial charge on any atom is 0.203 e. The maximum absolute atomic E-state index is 5.47. The molecule has 7 heteroatoms. The number of anilines is 1. The molecule has 2 aromatic rings. The molecule has 0 unspecified atom stereocenters. The van der Waals surface area contributed by atoms with Crippen molar-refractivity contribution in [1.29, 1.82) is 0 Å². The Balaban J connectivity index is 1.94. The molecule has 0 amide bonds. The fourth-order valence-corrected chi connectivity index (χ4v) is 2.52. The van der Waals surface area contributed by atoms with E-state index >= 15 is 0 Å². The Bertz CT molecular complexity index is 381. The molecule has 0 saturated heterocycles. The Labute approximate surface area is 89.3 Å². The van der Waals surface area contributed by atoms with E-state index in [1.165, 1.54) is 16.9 Å². The van der Waals surface area contributed by atoms with Crippen LogP contribution in [-0.4, -0.2) is 20.0 Å². The Morgan fingerprint density at radius 3 is 3.00 bits per heavy atom. The zero-order chi connectivity index (χ0) is 9.97. The van der Waals surface area contributed by atoms with Crippen molar-refractivity contribution in [3.63, 3.8) is 0 Å². The number of nitrogens with two attached hydrogens (primary N) is 1. The van der Waals surface area contributed by atoms with Crippen LogP contribution in [0.2, 0.25) is 0 Å². The van der Waals surface area contributed by atoms with Gasteiger partial charge in [0.25, 0.3) is 0 Å². The topological polar surface area (TPSA) is 69.6 Å². The molecule has 0 aliphatic heterocycles. The highest BCUT2D eigenvalue weighted by Gasteiger charge is 2.03. The molecule has 2 rings (SSSR count). The molecular weight excluding hydrogens is 218 g/mol. The predicted octanol–water partition coefficient (Wildman–Crippen LogP) is 1.15. The standard InChI is InChI=1S/C7H9N5S2/c1-12-3-5(2-9-12)4-13-7-11-10-6(8)14-7/h2-3H,4H2,1H3,(H2,8,10). The second-order valence-corrected chi connectivity index (χ2v) is 4.95. The fourth-order valence-electron chi connectivity index (χ4n) is 0.970. The Morgan fingerprint density at radius 1 is 1.57 bits per heavy atom. The molecule has 0 fully saturated rings. The van der Waals surface area contributed by atoms with Crippen LogP contribution in [0, 0.1) is 0 Å². The van der Waals surface area contributed by atoms with E-state index in [4.69, 9.17) is 5.73 Å². The summed E-state index contributed by atoms with van der Waals surface area (Å²) in [5.74, 6) is 0.850. The molecule has 0 aliphatic carbocycles. The van der Waals surface area contributed by atoms with Crippen molar-refractivity contribution in [3.05, 3.63) is 18.0 Å². The molecule has 2 heterocycles. The van der Waals surface area contributed by atoms with Gasteiger partial charge in [-0.2, -0.15) is 5.10 Å². The smallest absolute Gasteiger partial charge is 0.203 e. The van der Waals surface area contributed by atoms with Crippen LogP contribution in [0.25, 0.3) is 0 Å². The second-order valence-electron chi connectivity index (χ2n) is 2.72. The molecule has 0 saturated carbocycles. The maximum atomic E-state index is 5.47. The van der Waals surface area contributed by atoms with Gasteiger partial charge in [-0.15, -0.1) is 10.2 Å². The van der Waals surface area contributed by atoms with Crippen LogP contribution in [0.3, 0.4) is 0 Å². The van der Waals surface area contributed by atoms with Crippen molar-refractivity contribution in [2.45, 2.75) is 10.1 Å². The van der Waals surface area contributed by atoms with E-state index in [-0.39, 0.29) is 0 Å². The summed E-state index contributed by atoms with van der Waals surface area (Å²) < 4.78 is 2.68. The third-order valence-corrected chi connectivity index (χ3v) is 3.50. The first-order valence-corrected chi connectivity index (χ1v) is 5.73. The average molecular weight is 227 g/mol. The highest BCUT2D eigenvalue weighted by molar-refractivity contribution is 8.00. The van der Waals surface area contributed by atoms with Gasteiger partial charge in [0, 0.05) is 24.6 Å². The minimum absolute atomic E-state index is 0.513. The van der Waals surface area contributed by atoms with E-state index in [0.29, 0.717) is 5.13 Å². The predicted molar refractivity (Wildman–Crippen MR) is 57.1 cm³/mol. The fraction of sp³-hybridized carbons (Fsp3) is 0.286. The quantitative estimate of drug-likeness (QED) is 0.796. The van der Waals surface area contributed by atoms with E-state index in [1.54, 1.807) is 16.4 Å². The number of rotatable bonds is 3. The molecule has 14 heavy (non-hydrogen) atoms. The molecule has 0 atom stereocenters. The van der Waals surface area contributed by atoms with Crippen LogP contribution >= 0.6 is 23.1 Å². The van der Waals surface area contributed by atoms with E-state index in [1.807, 2.05) is 19.4 Å². The van der Waals surface area contributed by atoms with Crippen molar-refractivity contribution in [1.82, 2.24) is 20.0 Å². The van der Waals surface area contributed by atoms with Crippen molar-refractivity contribution >= 4 is 28.2 Å². The summed E-state index contributed by atoms with van der Waals surface area (Å²) in [5, 5.41) is 12.2. The van der Waals surface area contributed by atoms with Gasteiger partial charge in [0.05, 0.1) is 6.20 Å². The van der Waals surface area contributed by atoms with Crippen LogP contribution in [0.15, 0.2) is 16.7 Å². The molecular formula is C7H9N5S2. The summed E-state index contributed by atoms with van der Waals surface area (Å²) in [6.45, 7) is 0. The van der Waals surface area contributed by atoms with Crippen LogP contribution in [0.4, 0.5) is 5.13 Å². The highest BCUT2D eigenvalue weighted by Crippen LogP contribution is 2.26. The first-order chi connectivity index (χ1) is 6.74. The van der Waals surface area contributed by atoms with E-state index in [9.17, 15) is 0 Å². The number of aryl methyl sites for hydroxylation is 1. The summed E-state index contributed by atoms with van der Waals surface area (Å²) in [6.07, 6.45) is 3.83. The van der Waals surface area contributed by atoms with E-state index < -0.39 is 0 Å². The minimum atomic E-state index is 0.513. The van der Waals surface area contributed by atoms with Crippen LogP contribution in [0.1, 0.15) is 5.56 Å². The Hall–Kier alpha value is -1.08. The van der Waals surface area contributed by atoms with Gasteiger partial charge in [-0.1, -0.05) is 23.1 Å². The van der Waals surface area contributed by atoms with E-state index in [2.05, 4.69) is 15.3 Å². The van der Waals surface area contributed by atoms with Crippen molar-refractivity contribution in [2.75, 3.05) is 5.73 Å². The number of nitrogens with zero attached hydrogens (tertiary/aromatic N) is 4. The van der Waals surface area contributed by atoms with Gasteiger partial charge in [-0.3, -0.25) is 4.68 Å². The van der Waals surface area contributed by atoms with Crippen LogP contribution < -0.4 is 5.73 Å². The zero-order valence-corrected chi connectivity index (χ0v) is 9.18. The SMILES string of the molecule is Cn1cc(CSc2nnc(N)s2)cn1. The number of aromatic nitrogens is 4. The van der Waals surface area contributed by atoms with Crippen molar-refractivity contribution in [2.24, 2.45) is 7.05 Å². The van der Waals surface area contributed by atoms with Gasteiger partial charge in [-0.25, -0.2) is 0 Å². The molecule has 0 spiro atoms. The van der Waals surface area contributed by atoms with Crippen molar-refractivity contribution < 1.29 is 0 Å². The van der Waals surface area contributed by atoms with Gasteiger partial charge in [0.15, 0.2) is 4.34 Å². The monoisotopic (exact) mass is 227 g/mol. The molecule has 0 aromatic carbocycles. The Morgan fingerprint density at radius 2 is 2.43 bits per heavy atom. The lowest BCUT2D eigenvalue weighted by atomic mass is 10.4. The number of hydrogen-bond donors (Lipinski definition) is 1. The highest BCUT2D eigenvalue weighted by atomic mass is 32.2. The molecule has 74 valence electrons. The third kappa shape index (κ3) is 2.24. The summed E-state index contributed by atoms with van der Waals surface area (Å²) in [7, 11) is 1.90. The zero-order valence-electron chi connectivity index (χ0n) is 7.54. The molecule has 5 nitrogen and oxygen atoms in total. The number of hydrogen-bond acceptors (Lipinski definition) is 6. The van der Waals surface area contributed by atoms with Gasteiger partial charge in [0.2, 0.25) is 5.13 Å². The lowest BCUT2D eigenvalue weighted by Crippen LogP contribution is -1.84. The minimum Gasteiger partial charge on any atom is -0.374 e. The van der Waals surface area contributed by atoms with Gasteiger partial charge < -0.3 is 5.73 Å². The lowest BCUT2D eigenvalue weighted by Gasteiger charge is -1.91. The van der Waals surface area contributed by atoms with Crippen molar-refractivity contribution in [3.8, 4) is 0 Å². The summed E-state index contributed by atoms with van der Waals surface area (Å²) in [5.41, 5.74) is 6.64. The largest absolute Gasteiger partial charge is 0.374 e. The molecule has 0 radical (unpaired) electrons. The number of thioether (sulfide) groups is 1. The average Bonchev–Trinajstić information content (AvgIpc) is 2.72. The molecule has 0 aliphatic rings. The van der Waals surface area contributed by atoms with E-state index in [0.717, 1.165) is 10.1 Å². The first-order valence-electron chi connectivity index (χ1n) is 3.93. The third-order valence-electron chi connectivity index (χ3n) is 1.54. The Kier molecular flexibility index (Phi) is 2.69. The first kappa shape index (κ1) is 9.47. The summed E-state index contributed by atoms with van der Waals surface area (Å²) in [6, 6.07) is 0. The number of nitrogen functional groups attached to an aromatic ring is 1. The summed E-state index contributed by atoms with van der Waals surface area (Å²) in [4.78, 5) is 0. The molecule has 0 bridgehead atoms. The van der Waals surface area contributed by atoms with Crippen LogP contribution in [0.5, 0.6) is 0 Å². The second kappa shape index (κ2) is 3.97. The normalized spacial score (nSPS) is 10.6. The van der Waals surface area contributed by atoms with Gasteiger partial charge in [0.1, 0.15) is 0 Å². The van der Waals surface area contributed by atoms with Gasteiger partial charge >= 0.3 is 0 Å². The summed E-state index contributed by atoms with van der Waals surface area (Å²) >= 11 is 3.02. The lowest BCUT2D eigenvalue weighted by molar-refractivity contribution is 0.767. The van der Waals surface area contributed by atoms with Gasteiger partial charge in [-0.05, 0) is 0 Å². The molecule has 2 aromatic heterocycles. The van der Waals surface area contributed by atoms with Crippen LogP contribution in [-0.2, 0) is 12.8 Å². The molecule has 2 N–H and O–H groups in total.